The number of amides is 1. The van der Waals surface area contributed by atoms with Crippen LogP contribution in [-0.2, 0) is 17.9 Å². The van der Waals surface area contributed by atoms with E-state index in [2.05, 4.69) is 33.9 Å². The third-order valence-electron chi connectivity index (χ3n) is 5.59. The first kappa shape index (κ1) is 25.5. The number of aromatic nitrogens is 2. The van der Waals surface area contributed by atoms with Crippen molar-refractivity contribution in [1.82, 2.24) is 25.3 Å². The predicted molar refractivity (Wildman–Crippen MR) is 143 cm³/mol. The second kappa shape index (κ2) is 12.4. The zero-order chi connectivity index (χ0) is 23.0. The number of para-hydroxylation sites is 1. The molecule has 0 fully saturated rings. The number of ether oxygens (including phenoxy) is 1. The molecule has 1 aliphatic rings. The highest BCUT2D eigenvalue weighted by Gasteiger charge is 2.22. The van der Waals surface area contributed by atoms with Gasteiger partial charge >= 0.3 is 0 Å². The van der Waals surface area contributed by atoms with Crippen LogP contribution in [0.4, 0.5) is 0 Å². The Morgan fingerprint density at radius 2 is 1.91 bits per heavy atom. The minimum Gasteiger partial charge on any atom is -0.493 e. The van der Waals surface area contributed by atoms with E-state index in [-0.39, 0.29) is 42.5 Å². The molecular formula is C25H31IN6O2. The summed E-state index contributed by atoms with van der Waals surface area (Å²) >= 11 is 0. The second-order valence-electron chi connectivity index (χ2n) is 8.15. The van der Waals surface area contributed by atoms with E-state index in [0.717, 1.165) is 28.9 Å². The van der Waals surface area contributed by atoms with Gasteiger partial charge in [-0.05, 0) is 23.3 Å². The van der Waals surface area contributed by atoms with Crippen LogP contribution in [0.5, 0.6) is 5.75 Å². The van der Waals surface area contributed by atoms with Crippen LogP contribution in [0.15, 0.2) is 72.0 Å². The Labute approximate surface area is 217 Å². The van der Waals surface area contributed by atoms with Crippen molar-refractivity contribution in [2.45, 2.75) is 25.6 Å². The van der Waals surface area contributed by atoms with Crippen LogP contribution >= 0.6 is 24.0 Å². The van der Waals surface area contributed by atoms with Crippen LogP contribution in [0.25, 0.3) is 0 Å². The van der Waals surface area contributed by atoms with Gasteiger partial charge in [0.2, 0.25) is 5.91 Å². The summed E-state index contributed by atoms with van der Waals surface area (Å²) in [6, 6.07) is 18.2. The van der Waals surface area contributed by atoms with Crippen molar-refractivity contribution in [3.05, 3.63) is 83.7 Å². The number of carbonyl (C=O) groups excluding carboxylic acids is 1. The van der Waals surface area contributed by atoms with Gasteiger partial charge in [-0.2, -0.15) is 5.10 Å². The fraction of sp³-hybridized carbons (Fsp3) is 0.320. The smallest absolute Gasteiger partial charge is 0.241 e. The first-order valence-corrected chi connectivity index (χ1v) is 11.1. The zero-order valence-electron chi connectivity index (χ0n) is 19.5. The van der Waals surface area contributed by atoms with E-state index in [1.807, 2.05) is 47.3 Å². The van der Waals surface area contributed by atoms with Crippen molar-refractivity contribution in [2.24, 2.45) is 4.99 Å². The first-order valence-electron chi connectivity index (χ1n) is 11.1. The normalized spacial score (nSPS) is 14.9. The van der Waals surface area contributed by atoms with Crippen molar-refractivity contribution in [2.75, 3.05) is 27.2 Å². The molecular weight excluding hydrogens is 543 g/mol. The minimum atomic E-state index is -0.0176. The van der Waals surface area contributed by atoms with Gasteiger partial charge in [0.15, 0.2) is 5.96 Å². The molecule has 1 aromatic heterocycles. The Kier molecular flexibility index (Phi) is 9.32. The molecule has 2 heterocycles. The molecule has 8 nitrogen and oxygen atoms in total. The van der Waals surface area contributed by atoms with Crippen molar-refractivity contribution in [3.8, 4) is 5.75 Å². The summed E-state index contributed by atoms with van der Waals surface area (Å²) in [5.41, 5.74) is 3.36. The van der Waals surface area contributed by atoms with Gasteiger partial charge in [0.25, 0.3) is 0 Å². The molecule has 0 aliphatic carbocycles. The number of hydrogen-bond acceptors (Lipinski definition) is 4. The summed E-state index contributed by atoms with van der Waals surface area (Å²) in [7, 11) is 3.49. The highest BCUT2D eigenvalue weighted by molar-refractivity contribution is 14.0. The largest absolute Gasteiger partial charge is 0.493 e. The van der Waals surface area contributed by atoms with Gasteiger partial charge in [0, 0.05) is 38.5 Å². The maximum absolute atomic E-state index is 12.2. The van der Waals surface area contributed by atoms with Crippen LogP contribution in [-0.4, -0.2) is 53.8 Å². The van der Waals surface area contributed by atoms with Gasteiger partial charge in [0.05, 0.1) is 32.3 Å². The molecule has 0 radical (unpaired) electrons. The third-order valence-corrected chi connectivity index (χ3v) is 5.59. The van der Waals surface area contributed by atoms with E-state index >= 15 is 0 Å². The molecule has 1 atom stereocenters. The van der Waals surface area contributed by atoms with E-state index in [1.54, 1.807) is 25.2 Å². The van der Waals surface area contributed by atoms with Gasteiger partial charge in [0.1, 0.15) is 5.75 Å². The molecule has 3 aromatic rings. The Morgan fingerprint density at radius 3 is 2.68 bits per heavy atom. The van der Waals surface area contributed by atoms with E-state index in [0.29, 0.717) is 25.7 Å². The molecule has 4 rings (SSSR count). The molecule has 1 unspecified atom stereocenters. The van der Waals surface area contributed by atoms with Gasteiger partial charge in [-0.25, -0.2) is 4.99 Å². The Balaban J connectivity index is 0.00000324. The third kappa shape index (κ3) is 6.72. The van der Waals surface area contributed by atoms with E-state index < -0.39 is 0 Å². The number of nitrogens with zero attached hydrogens (tertiary/aromatic N) is 4. The maximum atomic E-state index is 12.2. The van der Waals surface area contributed by atoms with Gasteiger partial charge in [-0.15, -0.1) is 24.0 Å². The molecule has 0 bridgehead atoms. The molecule has 1 amide bonds. The molecule has 1 aliphatic heterocycles. The average Bonchev–Trinajstić information content (AvgIpc) is 3.34. The number of halogens is 1. The van der Waals surface area contributed by atoms with Crippen LogP contribution in [0.2, 0.25) is 0 Å². The lowest BCUT2D eigenvalue weighted by atomic mass is 10.0. The average molecular weight is 574 g/mol. The molecule has 9 heteroatoms. The molecule has 0 saturated heterocycles. The number of rotatable bonds is 7. The number of likely N-dealkylation sites (N-methyl/N-ethyl adjacent to an activating group) is 1. The predicted octanol–water partition coefficient (Wildman–Crippen LogP) is 3.20. The van der Waals surface area contributed by atoms with E-state index in [9.17, 15) is 4.79 Å². The number of nitrogens with one attached hydrogen (secondary N) is 2. The van der Waals surface area contributed by atoms with Crippen molar-refractivity contribution >= 4 is 35.8 Å². The van der Waals surface area contributed by atoms with E-state index in [4.69, 9.17) is 9.73 Å². The van der Waals surface area contributed by atoms with Gasteiger partial charge in [-0.1, -0.05) is 42.5 Å². The van der Waals surface area contributed by atoms with Crippen LogP contribution in [0, 0.1) is 0 Å². The van der Waals surface area contributed by atoms with Crippen LogP contribution in [0.1, 0.15) is 29.2 Å². The Hall–Kier alpha value is -3.08. The lowest BCUT2D eigenvalue weighted by Gasteiger charge is -2.28. The maximum Gasteiger partial charge on any atom is 0.241 e. The summed E-state index contributed by atoms with van der Waals surface area (Å²) < 4.78 is 7.69. The van der Waals surface area contributed by atoms with Crippen LogP contribution in [0.3, 0.4) is 0 Å². The summed E-state index contributed by atoms with van der Waals surface area (Å²) in [5.74, 6) is 1.46. The highest BCUT2D eigenvalue weighted by atomic mass is 127. The number of hydrogen-bond donors (Lipinski definition) is 2. The number of guanidine groups is 1. The Morgan fingerprint density at radius 1 is 1.15 bits per heavy atom. The quantitative estimate of drug-likeness (QED) is 0.258. The molecule has 2 aromatic carbocycles. The highest BCUT2D eigenvalue weighted by Crippen LogP contribution is 2.31. The fourth-order valence-corrected chi connectivity index (χ4v) is 3.73. The standard InChI is InChI=1S/C25H30N6O2.HI/c1-30(2)24(32)17-27-25(29-22-12-15-33-23-11-6-5-10-21(22)23)26-16-19-8-3-4-9-20(19)18-31-14-7-13-28-31;/h3-11,13-14,22H,12,15-18H2,1-2H3,(H2,26,27,29);1H. The molecule has 34 heavy (non-hydrogen) atoms. The summed E-state index contributed by atoms with van der Waals surface area (Å²) in [5, 5.41) is 11.0. The molecule has 0 saturated carbocycles. The van der Waals surface area contributed by atoms with E-state index in [1.165, 1.54) is 0 Å². The molecule has 2 N–H and O–H groups in total. The van der Waals surface area contributed by atoms with Crippen molar-refractivity contribution in [1.29, 1.82) is 0 Å². The van der Waals surface area contributed by atoms with Crippen molar-refractivity contribution < 1.29 is 9.53 Å². The SMILES string of the molecule is CN(C)C(=O)CNC(=NCc1ccccc1Cn1cccn1)NC1CCOc2ccccc21.I. The molecule has 180 valence electrons. The zero-order valence-corrected chi connectivity index (χ0v) is 21.8. The second-order valence-corrected chi connectivity index (χ2v) is 8.15. The van der Waals surface area contributed by atoms with Crippen LogP contribution < -0.4 is 15.4 Å². The molecule has 0 spiro atoms. The van der Waals surface area contributed by atoms with Crippen molar-refractivity contribution in [3.63, 3.8) is 0 Å². The summed E-state index contributed by atoms with van der Waals surface area (Å²) in [6.07, 6.45) is 4.54. The topological polar surface area (TPSA) is 83.8 Å². The number of aliphatic imine (C=N–C) groups is 1. The minimum absolute atomic E-state index is 0. The lowest BCUT2D eigenvalue weighted by molar-refractivity contribution is -0.127. The summed E-state index contributed by atoms with van der Waals surface area (Å²) in [4.78, 5) is 18.6. The lowest BCUT2D eigenvalue weighted by Crippen LogP contribution is -2.45. The van der Waals surface area contributed by atoms with Gasteiger partial charge < -0.3 is 20.3 Å². The number of fused-ring (bicyclic) bond motifs is 1. The fourth-order valence-electron chi connectivity index (χ4n) is 3.73. The Bertz CT molecular complexity index is 1100. The first-order chi connectivity index (χ1) is 16.1. The summed E-state index contributed by atoms with van der Waals surface area (Å²) in [6.45, 7) is 1.96. The number of benzene rings is 2. The van der Waals surface area contributed by atoms with Gasteiger partial charge in [-0.3, -0.25) is 9.48 Å². The number of carbonyl (C=O) groups is 1. The monoisotopic (exact) mass is 574 g/mol.